The van der Waals surface area contributed by atoms with Gasteiger partial charge in [0.1, 0.15) is 5.69 Å². The van der Waals surface area contributed by atoms with Gasteiger partial charge in [-0.2, -0.15) is 0 Å². The van der Waals surface area contributed by atoms with Crippen LogP contribution in [0.15, 0.2) is 24.5 Å². The zero-order chi connectivity index (χ0) is 15.4. The van der Waals surface area contributed by atoms with Crippen LogP contribution >= 0.6 is 0 Å². The molecule has 6 nitrogen and oxygen atoms in total. The number of pyridine rings is 1. The molecule has 0 radical (unpaired) electrons. The fourth-order valence-corrected chi connectivity index (χ4v) is 3.08. The van der Waals surface area contributed by atoms with E-state index in [1.54, 1.807) is 7.11 Å². The number of ether oxygens (including phenoxy) is 1. The van der Waals surface area contributed by atoms with Crippen molar-refractivity contribution in [1.82, 2.24) is 20.0 Å². The number of hydrogen-bond donors (Lipinski definition) is 0. The predicted molar refractivity (Wildman–Crippen MR) is 84.6 cm³/mol. The van der Waals surface area contributed by atoms with Crippen LogP contribution in [0.3, 0.4) is 0 Å². The summed E-state index contributed by atoms with van der Waals surface area (Å²) in [5, 5.41) is 8.33. The summed E-state index contributed by atoms with van der Waals surface area (Å²) >= 11 is 0. The van der Waals surface area contributed by atoms with Crippen LogP contribution in [-0.4, -0.2) is 40.2 Å². The van der Waals surface area contributed by atoms with E-state index in [4.69, 9.17) is 4.74 Å². The van der Waals surface area contributed by atoms with E-state index in [1.807, 2.05) is 24.0 Å². The summed E-state index contributed by atoms with van der Waals surface area (Å²) in [6.45, 7) is 5.65. The molecule has 1 fully saturated rings. The highest BCUT2D eigenvalue weighted by atomic mass is 16.5. The van der Waals surface area contributed by atoms with Gasteiger partial charge in [-0.3, -0.25) is 9.67 Å². The van der Waals surface area contributed by atoms with E-state index in [1.165, 1.54) is 18.5 Å². The molecule has 3 heterocycles. The van der Waals surface area contributed by atoms with Gasteiger partial charge in [-0.05, 0) is 37.8 Å². The Bertz CT molecular complexity index is 612. The van der Waals surface area contributed by atoms with Crippen molar-refractivity contribution in [2.24, 2.45) is 5.92 Å². The molecule has 1 aliphatic heterocycles. The number of piperidine rings is 1. The minimum Gasteiger partial charge on any atom is -0.378 e. The highest BCUT2D eigenvalue weighted by Crippen LogP contribution is 2.24. The molecular weight excluding hydrogens is 278 g/mol. The fraction of sp³-hybridized carbons (Fsp3) is 0.562. The van der Waals surface area contributed by atoms with E-state index in [0.717, 1.165) is 31.0 Å². The van der Waals surface area contributed by atoms with Crippen molar-refractivity contribution in [2.75, 3.05) is 25.1 Å². The minimum absolute atomic E-state index is 0.521. The normalized spacial score (nSPS) is 18.6. The van der Waals surface area contributed by atoms with Gasteiger partial charge in [0.05, 0.1) is 12.8 Å². The molecule has 3 rings (SSSR count). The summed E-state index contributed by atoms with van der Waals surface area (Å²) in [6.07, 6.45) is 6.33. The molecule has 0 N–H and O–H groups in total. The topological polar surface area (TPSA) is 56.1 Å². The lowest BCUT2D eigenvalue weighted by molar-refractivity contribution is 0.181. The molecule has 2 aromatic rings. The Labute approximate surface area is 131 Å². The van der Waals surface area contributed by atoms with Gasteiger partial charge >= 0.3 is 0 Å². The van der Waals surface area contributed by atoms with Crippen LogP contribution in [0.25, 0.3) is 0 Å². The first-order valence-corrected chi connectivity index (χ1v) is 7.80. The molecule has 118 valence electrons. The smallest absolute Gasteiger partial charge is 0.108 e. The number of aromatic nitrogens is 4. The number of hydrogen-bond acceptors (Lipinski definition) is 5. The lowest BCUT2D eigenvalue weighted by Gasteiger charge is -2.34. The molecule has 6 heteroatoms. The van der Waals surface area contributed by atoms with E-state index >= 15 is 0 Å². The van der Waals surface area contributed by atoms with Crippen molar-refractivity contribution in [3.63, 3.8) is 0 Å². The Morgan fingerprint density at radius 1 is 1.41 bits per heavy atom. The Morgan fingerprint density at radius 2 is 2.32 bits per heavy atom. The standard InChI is InChI=1S/C16H23N5O/c1-13-8-16(5-6-17-13)20-7-3-4-14(9-20)10-21-11-15(12-22-2)18-19-21/h5-6,8,11,14H,3-4,7,9-10,12H2,1-2H3. The first-order valence-electron chi connectivity index (χ1n) is 7.80. The largest absolute Gasteiger partial charge is 0.378 e. The van der Waals surface area contributed by atoms with Crippen LogP contribution in [0, 0.1) is 12.8 Å². The maximum atomic E-state index is 5.09. The zero-order valence-electron chi connectivity index (χ0n) is 13.3. The summed E-state index contributed by atoms with van der Waals surface area (Å²) in [5.41, 5.74) is 3.23. The van der Waals surface area contributed by atoms with Gasteiger partial charge in [-0.25, -0.2) is 0 Å². The minimum atomic E-state index is 0.521. The van der Waals surface area contributed by atoms with Gasteiger partial charge in [0.2, 0.25) is 0 Å². The second kappa shape index (κ2) is 6.87. The molecule has 1 aliphatic rings. The van der Waals surface area contributed by atoms with Crippen LogP contribution in [0.5, 0.6) is 0 Å². The van der Waals surface area contributed by atoms with Crippen molar-refractivity contribution < 1.29 is 4.74 Å². The molecule has 0 bridgehead atoms. The molecule has 0 saturated carbocycles. The van der Waals surface area contributed by atoms with Crippen LogP contribution in [-0.2, 0) is 17.9 Å². The maximum Gasteiger partial charge on any atom is 0.108 e. The van der Waals surface area contributed by atoms with E-state index in [2.05, 4.69) is 32.3 Å². The first kappa shape index (κ1) is 15.0. The maximum absolute atomic E-state index is 5.09. The summed E-state index contributed by atoms with van der Waals surface area (Å²) in [7, 11) is 1.68. The third-order valence-electron chi connectivity index (χ3n) is 4.09. The predicted octanol–water partition coefficient (Wildman–Crippen LogP) is 2.04. The SMILES string of the molecule is COCc1cn(CC2CCCN(c3ccnc(C)c3)C2)nn1. The zero-order valence-corrected chi connectivity index (χ0v) is 13.3. The number of aryl methyl sites for hydroxylation is 1. The first-order chi connectivity index (χ1) is 10.7. The van der Waals surface area contributed by atoms with Crippen molar-refractivity contribution in [3.05, 3.63) is 35.9 Å². The Hall–Kier alpha value is -1.95. The highest BCUT2D eigenvalue weighted by molar-refractivity contribution is 5.46. The summed E-state index contributed by atoms with van der Waals surface area (Å²) in [4.78, 5) is 6.73. The third kappa shape index (κ3) is 3.62. The van der Waals surface area contributed by atoms with E-state index < -0.39 is 0 Å². The van der Waals surface area contributed by atoms with Gasteiger partial charge in [0, 0.05) is 44.3 Å². The van der Waals surface area contributed by atoms with Crippen molar-refractivity contribution in [3.8, 4) is 0 Å². The molecule has 22 heavy (non-hydrogen) atoms. The number of nitrogens with zero attached hydrogens (tertiary/aromatic N) is 5. The second-order valence-corrected chi connectivity index (χ2v) is 5.97. The van der Waals surface area contributed by atoms with Crippen LogP contribution in [0.2, 0.25) is 0 Å². The third-order valence-corrected chi connectivity index (χ3v) is 4.09. The molecule has 0 aliphatic carbocycles. The van der Waals surface area contributed by atoms with Gasteiger partial charge in [-0.15, -0.1) is 5.10 Å². The quantitative estimate of drug-likeness (QED) is 0.846. The van der Waals surface area contributed by atoms with E-state index in [-0.39, 0.29) is 0 Å². The molecular formula is C16H23N5O. The van der Waals surface area contributed by atoms with E-state index in [0.29, 0.717) is 12.5 Å². The molecule has 0 aromatic carbocycles. The van der Waals surface area contributed by atoms with Crippen molar-refractivity contribution in [2.45, 2.75) is 32.9 Å². The Morgan fingerprint density at radius 3 is 3.14 bits per heavy atom. The number of methoxy groups -OCH3 is 1. The molecule has 2 aromatic heterocycles. The lowest BCUT2D eigenvalue weighted by Crippen LogP contribution is -2.37. The Kier molecular flexibility index (Phi) is 4.68. The van der Waals surface area contributed by atoms with Gasteiger partial charge < -0.3 is 9.64 Å². The van der Waals surface area contributed by atoms with Gasteiger partial charge in [0.15, 0.2) is 0 Å². The average molecular weight is 301 g/mol. The summed E-state index contributed by atoms with van der Waals surface area (Å²) < 4.78 is 7.03. The molecule has 0 spiro atoms. The van der Waals surface area contributed by atoms with Gasteiger partial charge in [0.25, 0.3) is 0 Å². The van der Waals surface area contributed by atoms with Crippen LogP contribution in [0.4, 0.5) is 5.69 Å². The van der Waals surface area contributed by atoms with Crippen molar-refractivity contribution in [1.29, 1.82) is 0 Å². The summed E-state index contributed by atoms with van der Waals surface area (Å²) in [6, 6.07) is 4.26. The molecule has 0 amide bonds. The molecule has 1 atom stereocenters. The molecule has 1 unspecified atom stereocenters. The molecule has 1 saturated heterocycles. The lowest BCUT2D eigenvalue weighted by atomic mass is 9.97. The van der Waals surface area contributed by atoms with E-state index in [9.17, 15) is 0 Å². The Balaban J connectivity index is 1.62. The summed E-state index contributed by atoms with van der Waals surface area (Å²) in [5.74, 6) is 0.597. The van der Waals surface area contributed by atoms with Crippen LogP contribution in [0.1, 0.15) is 24.2 Å². The van der Waals surface area contributed by atoms with Crippen molar-refractivity contribution >= 4 is 5.69 Å². The average Bonchev–Trinajstić information content (AvgIpc) is 2.95. The van der Waals surface area contributed by atoms with Crippen LogP contribution < -0.4 is 4.90 Å². The number of anilines is 1. The fourth-order valence-electron chi connectivity index (χ4n) is 3.08. The highest BCUT2D eigenvalue weighted by Gasteiger charge is 2.21. The monoisotopic (exact) mass is 301 g/mol. The second-order valence-electron chi connectivity index (χ2n) is 5.97. The number of rotatable bonds is 5. The van der Waals surface area contributed by atoms with Gasteiger partial charge in [-0.1, -0.05) is 5.21 Å².